The van der Waals surface area contributed by atoms with Gasteiger partial charge in [0.15, 0.2) is 5.78 Å². The summed E-state index contributed by atoms with van der Waals surface area (Å²) < 4.78 is 9.12. The molecule has 0 amide bonds. The molecule has 59 heavy (non-hydrogen) atoms. The van der Waals surface area contributed by atoms with E-state index in [4.69, 9.17) is 4.42 Å². The van der Waals surface area contributed by atoms with E-state index < -0.39 is 5.41 Å². The minimum absolute atomic E-state index is 0.241. The molecule has 2 saturated carbocycles. The van der Waals surface area contributed by atoms with E-state index in [1.807, 2.05) is 0 Å². The van der Waals surface area contributed by atoms with Crippen LogP contribution in [0.1, 0.15) is 93.2 Å². The van der Waals surface area contributed by atoms with E-state index >= 15 is 4.79 Å². The van der Waals surface area contributed by atoms with Gasteiger partial charge in [0, 0.05) is 37.9 Å². The Balaban J connectivity index is 1.08. The first-order valence-corrected chi connectivity index (χ1v) is 21.9. The summed E-state index contributed by atoms with van der Waals surface area (Å²) in [5, 5.41) is 7.73. The van der Waals surface area contributed by atoms with Gasteiger partial charge in [0.2, 0.25) is 0 Å². The average Bonchev–Trinajstić information content (AvgIpc) is 4.01. The number of fused-ring (bicyclic) bond motifs is 15. The first-order chi connectivity index (χ1) is 28.9. The smallest absolute Gasteiger partial charge is 0.178 e. The first kappa shape index (κ1) is 31.8. The summed E-state index contributed by atoms with van der Waals surface area (Å²) in [5.74, 6) is 3.18. The van der Waals surface area contributed by atoms with Crippen LogP contribution >= 0.6 is 0 Å². The van der Waals surface area contributed by atoms with Crippen LogP contribution in [0.2, 0.25) is 0 Å². The molecule has 3 heterocycles. The lowest BCUT2D eigenvalue weighted by Crippen LogP contribution is -2.32. The maximum Gasteiger partial charge on any atom is 0.178 e. The molecule has 2 atom stereocenters. The summed E-state index contributed by atoms with van der Waals surface area (Å²) in [6.07, 6.45) is 7.43. The molecule has 2 fully saturated rings. The molecular weight excluding hydrogens is 719 g/mol. The Morgan fingerprint density at radius 1 is 0.593 bits per heavy atom. The Hall–Kier alpha value is -6.19. The topological polar surface area (TPSA) is 34.6 Å². The molecule has 3 nitrogen and oxygen atoms in total. The van der Waals surface area contributed by atoms with Crippen LogP contribution in [-0.2, 0) is 11.8 Å². The number of nitrogens with zero attached hydrogens (tertiary/aromatic N) is 1. The molecule has 10 aromatic rings. The number of aryl methyl sites for hydroxylation is 2. The van der Waals surface area contributed by atoms with Crippen molar-refractivity contribution in [2.75, 3.05) is 0 Å². The predicted octanol–water partition coefficient (Wildman–Crippen LogP) is 14.1. The Morgan fingerprint density at radius 2 is 1.31 bits per heavy atom. The van der Waals surface area contributed by atoms with Crippen LogP contribution in [-0.4, -0.2) is 10.2 Å². The highest BCUT2D eigenvalue weighted by molar-refractivity contribution is 6.28. The van der Waals surface area contributed by atoms with Crippen LogP contribution in [0.4, 0.5) is 0 Å². The number of hydrogen-bond acceptors (Lipinski definition) is 2. The number of furan rings is 1. The lowest BCUT2D eigenvalue weighted by atomic mass is 9.67. The molecule has 0 N–H and O–H groups in total. The van der Waals surface area contributed by atoms with Gasteiger partial charge in [0.25, 0.3) is 0 Å². The molecular formula is C56H41NO2. The number of hydrogen-bond donors (Lipinski definition) is 0. The third-order valence-electron chi connectivity index (χ3n) is 16.3. The molecule has 0 aliphatic heterocycles. The average molecular weight is 760 g/mol. The minimum Gasteiger partial charge on any atom is -0.456 e. The molecule has 3 aromatic heterocycles. The van der Waals surface area contributed by atoms with Crippen molar-refractivity contribution in [2.24, 2.45) is 11.8 Å². The van der Waals surface area contributed by atoms with E-state index in [2.05, 4.69) is 134 Å². The largest absolute Gasteiger partial charge is 0.456 e. The van der Waals surface area contributed by atoms with Crippen molar-refractivity contribution in [2.45, 2.75) is 69.6 Å². The molecule has 6 aliphatic rings. The Morgan fingerprint density at radius 3 is 2.10 bits per heavy atom. The Kier molecular flexibility index (Phi) is 5.66. The highest BCUT2D eigenvalue weighted by Gasteiger charge is 2.53. The number of aromatic nitrogens is 1. The SMILES string of the molecule is Cc1ccc2oc3ccccc3c2c1-c1cc2c3cc4c(cc3n3c5c(C)cc6c(c5c(c1)c23)C1CC2CC(CC6C2)C1)C(=O)C1(C4)c2ccccc2-c2ccccc21. The van der Waals surface area contributed by atoms with Gasteiger partial charge in [-0.05, 0) is 174 Å². The van der Waals surface area contributed by atoms with Crippen LogP contribution in [0, 0.1) is 25.7 Å². The number of Topliss-reactive ketones (excluding diaryl/α,β-unsaturated/α-hetero) is 1. The standard InChI is InChI=1S/C56H41NO2/c1-28-15-16-48-51(38-11-5-8-14-47(38)59-48)49(28)34-23-42-41-25-35-27-56(44-12-6-3-9-36(44)37-10-4-7-13-45(37)56)55(58)40(35)26-46(41)57-53-29(2)17-39-32-19-30-18-31(20-32)22-33(21-30)50(39)52(53)43(24-34)54(42)57/h3-17,23-26,30-33H,18-22,27H2,1-2H3. The van der Waals surface area contributed by atoms with Crippen molar-refractivity contribution in [3.05, 3.63) is 160 Å². The molecule has 6 aliphatic carbocycles. The highest BCUT2D eigenvalue weighted by atomic mass is 16.3. The highest BCUT2D eigenvalue weighted by Crippen LogP contribution is 2.60. The van der Waals surface area contributed by atoms with Crippen molar-refractivity contribution in [3.63, 3.8) is 0 Å². The molecule has 16 rings (SSSR count). The van der Waals surface area contributed by atoms with E-state index in [0.29, 0.717) is 18.3 Å². The van der Waals surface area contributed by atoms with Crippen LogP contribution < -0.4 is 0 Å². The molecule has 282 valence electrons. The summed E-state index contributed by atoms with van der Waals surface area (Å²) in [4.78, 5) is 15.4. The summed E-state index contributed by atoms with van der Waals surface area (Å²) in [5.41, 5.74) is 20.1. The van der Waals surface area contributed by atoms with Gasteiger partial charge in [-0.25, -0.2) is 0 Å². The molecule has 0 radical (unpaired) electrons. The maximum atomic E-state index is 15.4. The van der Waals surface area contributed by atoms with Gasteiger partial charge >= 0.3 is 0 Å². The number of ketones is 1. The number of carbonyl (C=O) groups excluding carboxylic acids is 1. The van der Waals surface area contributed by atoms with Crippen molar-refractivity contribution in [1.82, 2.24) is 4.40 Å². The Bertz CT molecular complexity index is 3530. The van der Waals surface area contributed by atoms with Gasteiger partial charge in [-0.3, -0.25) is 4.79 Å². The zero-order valence-electron chi connectivity index (χ0n) is 33.3. The number of rotatable bonds is 1. The molecule has 2 unspecified atom stereocenters. The summed E-state index contributed by atoms with van der Waals surface area (Å²) in [7, 11) is 0. The first-order valence-electron chi connectivity index (χ1n) is 21.9. The van der Waals surface area contributed by atoms with Crippen LogP contribution in [0.15, 0.2) is 120 Å². The molecule has 1 spiro atoms. The predicted molar refractivity (Wildman–Crippen MR) is 240 cm³/mol. The summed E-state index contributed by atoms with van der Waals surface area (Å²) in [6.45, 7) is 4.62. The van der Waals surface area contributed by atoms with Crippen molar-refractivity contribution in [3.8, 4) is 22.3 Å². The maximum absolute atomic E-state index is 15.4. The monoisotopic (exact) mass is 759 g/mol. The van der Waals surface area contributed by atoms with Gasteiger partial charge < -0.3 is 8.82 Å². The normalized spacial score (nSPS) is 22.2. The van der Waals surface area contributed by atoms with Crippen molar-refractivity contribution >= 4 is 65.8 Å². The minimum atomic E-state index is -0.704. The quantitative estimate of drug-likeness (QED) is 0.167. The van der Waals surface area contributed by atoms with Crippen LogP contribution in [0.3, 0.4) is 0 Å². The molecule has 4 bridgehead atoms. The zero-order valence-corrected chi connectivity index (χ0v) is 33.3. The van der Waals surface area contributed by atoms with E-state index in [9.17, 15) is 0 Å². The van der Waals surface area contributed by atoms with E-state index in [-0.39, 0.29) is 5.78 Å². The van der Waals surface area contributed by atoms with Gasteiger partial charge in [0.1, 0.15) is 11.2 Å². The van der Waals surface area contributed by atoms with E-state index in [1.165, 1.54) is 103 Å². The van der Waals surface area contributed by atoms with Crippen LogP contribution in [0.25, 0.3) is 82.3 Å². The fraction of sp³-hybridized carbons (Fsp3) is 0.232. The molecule has 0 saturated heterocycles. The van der Waals surface area contributed by atoms with Gasteiger partial charge in [-0.2, -0.15) is 0 Å². The molecule has 7 aromatic carbocycles. The second-order valence-electron chi connectivity index (χ2n) is 19.2. The van der Waals surface area contributed by atoms with Crippen LogP contribution in [0.5, 0.6) is 0 Å². The van der Waals surface area contributed by atoms with Crippen molar-refractivity contribution < 1.29 is 9.21 Å². The zero-order chi connectivity index (χ0) is 38.6. The number of carbonyl (C=O) groups is 1. The number of para-hydroxylation sites is 1. The summed E-state index contributed by atoms with van der Waals surface area (Å²) in [6, 6.07) is 42.5. The van der Waals surface area contributed by atoms with Crippen molar-refractivity contribution in [1.29, 1.82) is 0 Å². The fourth-order valence-corrected chi connectivity index (χ4v) is 14.3. The summed E-state index contributed by atoms with van der Waals surface area (Å²) >= 11 is 0. The van der Waals surface area contributed by atoms with Gasteiger partial charge in [-0.1, -0.05) is 78.9 Å². The van der Waals surface area contributed by atoms with E-state index in [0.717, 1.165) is 56.2 Å². The fourth-order valence-electron chi connectivity index (χ4n) is 14.3. The Labute approximate surface area is 341 Å². The third kappa shape index (κ3) is 3.68. The van der Waals surface area contributed by atoms with E-state index in [1.54, 1.807) is 11.1 Å². The third-order valence-corrected chi connectivity index (χ3v) is 16.3. The lowest BCUT2D eigenvalue weighted by Gasteiger charge is -2.38. The second kappa shape index (κ2) is 10.5. The lowest BCUT2D eigenvalue weighted by molar-refractivity contribution is 0.0932. The van der Waals surface area contributed by atoms with Gasteiger partial charge in [-0.15, -0.1) is 0 Å². The second-order valence-corrected chi connectivity index (χ2v) is 19.2. The van der Waals surface area contributed by atoms with Gasteiger partial charge in [0.05, 0.1) is 22.0 Å². The number of benzene rings is 7. The molecule has 3 heteroatoms.